The molecule has 0 bridgehead atoms. The minimum absolute atomic E-state index is 0.235. The Morgan fingerprint density at radius 1 is 1.10 bits per heavy atom. The number of para-hydroxylation sites is 2. The molecule has 0 radical (unpaired) electrons. The summed E-state index contributed by atoms with van der Waals surface area (Å²) in [7, 11) is 0. The molecular formula is C19H24N2. The lowest BCUT2D eigenvalue weighted by Gasteiger charge is -2.28. The van der Waals surface area contributed by atoms with Crippen molar-refractivity contribution < 1.29 is 0 Å². The van der Waals surface area contributed by atoms with Crippen LogP contribution in [0.1, 0.15) is 31.4 Å². The zero-order valence-corrected chi connectivity index (χ0v) is 12.9. The third-order valence-electron chi connectivity index (χ3n) is 4.46. The van der Waals surface area contributed by atoms with E-state index in [-0.39, 0.29) is 6.04 Å². The largest absolute Gasteiger partial charge is 0.338 e. The van der Waals surface area contributed by atoms with Crippen LogP contribution in [-0.4, -0.2) is 12.1 Å². The van der Waals surface area contributed by atoms with Crippen molar-refractivity contribution in [2.24, 2.45) is 5.73 Å². The molecule has 0 saturated heterocycles. The fourth-order valence-electron chi connectivity index (χ4n) is 3.28. The Morgan fingerprint density at radius 2 is 1.76 bits per heavy atom. The van der Waals surface area contributed by atoms with Gasteiger partial charge in [-0.25, -0.2) is 0 Å². The lowest BCUT2D eigenvalue weighted by Crippen LogP contribution is -2.27. The highest BCUT2D eigenvalue weighted by molar-refractivity contribution is 5.73. The van der Waals surface area contributed by atoms with Crippen molar-refractivity contribution >= 4 is 11.4 Å². The first-order valence-corrected chi connectivity index (χ1v) is 7.91. The average Bonchev–Trinajstić information content (AvgIpc) is 2.83. The van der Waals surface area contributed by atoms with Gasteiger partial charge in [0.05, 0.1) is 0 Å². The summed E-state index contributed by atoms with van der Waals surface area (Å²) in [6.45, 7) is 4.46. The van der Waals surface area contributed by atoms with Crippen molar-refractivity contribution in [3.8, 4) is 0 Å². The summed E-state index contributed by atoms with van der Waals surface area (Å²) >= 11 is 0. The van der Waals surface area contributed by atoms with Gasteiger partial charge >= 0.3 is 0 Å². The number of fused-ring (bicyclic) bond motifs is 1. The molecular weight excluding hydrogens is 256 g/mol. The summed E-state index contributed by atoms with van der Waals surface area (Å²) in [6, 6.07) is 18.2. The Labute approximate surface area is 127 Å². The van der Waals surface area contributed by atoms with Crippen LogP contribution in [0, 0.1) is 0 Å². The van der Waals surface area contributed by atoms with E-state index >= 15 is 0 Å². The van der Waals surface area contributed by atoms with Crippen molar-refractivity contribution in [1.29, 1.82) is 0 Å². The second kappa shape index (κ2) is 5.90. The van der Waals surface area contributed by atoms with E-state index < -0.39 is 0 Å². The quantitative estimate of drug-likeness (QED) is 0.915. The monoisotopic (exact) mass is 280 g/mol. The van der Waals surface area contributed by atoms with Gasteiger partial charge in [-0.3, -0.25) is 0 Å². The van der Waals surface area contributed by atoms with Gasteiger partial charge in [0.2, 0.25) is 0 Å². The molecule has 1 heterocycles. The molecule has 0 saturated carbocycles. The van der Waals surface area contributed by atoms with Gasteiger partial charge in [-0.2, -0.15) is 0 Å². The van der Waals surface area contributed by atoms with Gasteiger partial charge in [-0.15, -0.1) is 0 Å². The Hall–Kier alpha value is -1.80. The summed E-state index contributed by atoms with van der Waals surface area (Å²) in [4.78, 5) is 2.48. The van der Waals surface area contributed by atoms with Crippen molar-refractivity contribution in [3.63, 3.8) is 0 Å². The number of rotatable bonds is 4. The highest BCUT2D eigenvalue weighted by atomic mass is 15.2. The average molecular weight is 280 g/mol. The zero-order valence-electron chi connectivity index (χ0n) is 12.9. The first-order valence-electron chi connectivity index (χ1n) is 7.91. The Morgan fingerprint density at radius 3 is 2.52 bits per heavy atom. The van der Waals surface area contributed by atoms with Crippen molar-refractivity contribution in [2.75, 3.05) is 4.90 Å². The molecule has 1 aliphatic rings. The van der Waals surface area contributed by atoms with E-state index in [1.807, 2.05) is 0 Å². The van der Waals surface area contributed by atoms with E-state index in [2.05, 4.69) is 67.3 Å². The molecule has 0 aromatic heterocycles. The van der Waals surface area contributed by atoms with Crippen LogP contribution >= 0.6 is 0 Å². The first kappa shape index (κ1) is 14.2. The number of hydrogen-bond acceptors (Lipinski definition) is 2. The standard InChI is InChI=1S/C19H24N2/c1-3-17(20)13-16-9-5-7-11-19(16)21-14(2)12-15-8-4-6-10-18(15)21/h4-11,14,17H,3,12-13,20H2,1-2H3. The lowest BCUT2D eigenvalue weighted by atomic mass is 10.0. The molecule has 110 valence electrons. The molecule has 2 aromatic rings. The predicted molar refractivity (Wildman–Crippen MR) is 90.2 cm³/mol. The maximum atomic E-state index is 6.18. The van der Waals surface area contributed by atoms with Crippen LogP contribution in [0.15, 0.2) is 48.5 Å². The summed E-state index contributed by atoms with van der Waals surface area (Å²) in [6.07, 6.45) is 3.07. The van der Waals surface area contributed by atoms with Gasteiger partial charge in [-0.1, -0.05) is 43.3 Å². The molecule has 2 aromatic carbocycles. The highest BCUT2D eigenvalue weighted by Gasteiger charge is 2.28. The molecule has 2 N–H and O–H groups in total. The van der Waals surface area contributed by atoms with Gasteiger partial charge in [-0.05, 0) is 49.4 Å². The van der Waals surface area contributed by atoms with Crippen LogP contribution in [-0.2, 0) is 12.8 Å². The number of nitrogens with zero attached hydrogens (tertiary/aromatic N) is 1. The fraction of sp³-hybridized carbons (Fsp3) is 0.368. The molecule has 0 amide bonds. The van der Waals surface area contributed by atoms with Crippen LogP contribution < -0.4 is 10.6 Å². The molecule has 0 spiro atoms. The summed E-state index contributed by atoms with van der Waals surface area (Å²) in [5, 5.41) is 0. The van der Waals surface area contributed by atoms with Gasteiger partial charge in [0.25, 0.3) is 0 Å². The minimum Gasteiger partial charge on any atom is -0.338 e. The van der Waals surface area contributed by atoms with E-state index in [1.54, 1.807) is 0 Å². The van der Waals surface area contributed by atoms with E-state index in [0.717, 1.165) is 19.3 Å². The fourth-order valence-corrected chi connectivity index (χ4v) is 3.28. The molecule has 2 atom stereocenters. The molecule has 2 heteroatoms. The molecule has 3 rings (SSSR count). The lowest BCUT2D eigenvalue weighted by molar-refractivity contribution is 0.644. The second-order valence-electron chi connectivity index (χ2n) is 6.05. The SMILES string of the molecule is CCC(N)Cc1ccccc1N1c2ccccc2CC1C. The Kier molecular flexibility index (Phi) is 3.98. The number of nitrogens with two attached hydrogens (primary N) is 1. The van der Waals surface area contributed by atoms with Gasteiger partial charge in [0.15, 0.2) is 0 Å². The maximum Gasteiger partial charge on any atom is 0.0446 e. The van der Waals surface area contributed by atoms with E-state index in [0.29, 0.717) is 6.04 Å². The number of benzene rings is 2. The minimum atomic E-state index is 0.235. The van der Waals surface area contributed by atoms with Crippen LogP contribution in [0.25, 0.3) is 0 Å². The van der Waals surface area contributed by atoms with E-state index in [4.69, 9.17) is 5.73 Å². The topological polar surface area (TPSA) is 29.3 Å². The Bertz CT molecular complexity index is 620. The third-order valence-corrected chi connectivity index (χ3v) is 4.46. The number of anilines is 2. The summed E-state index contributed by atoms with van der Waals surface area (Å²) in [5.41, 5.74) is 11.7. The number of hydrogen-bond donors (Lipinski definition) is 1. The third kappa shape index (κ3) is 2.68. The normalized spacial score (nSPS) is 18.6. The molecule has 0 fully saturated rings. The first-order chi connectivity index (χ1) is 10.2. The van der Waals surface area contributed by atoms with Gasteiger partial charge in [0, 0.05) is 23.5 Å². The van der Waals surface area contributed by atoms with Crippen molar-refractivity contribution in [1.82, 2.24) is 0 Å². The molecule has 0 aliphatic carbocycles. The smallest absolute Gasteiger partial charge is 0.0446 e. The van der Waals surface area contributed by atoms with Crippen LogP contribution in [0.2, 0.25) is 0 Å². The van der Waals surface area contributed by atoms with Crippen molar-refractivity contribution in [3.05, 3.63) is 59.7 Å². The van der Waals surface area contributed by atoms with Gasteiger partial charge in [0.1, 0.15) is 0 Å². The zero-order chi connectivity index (χ0) is 14.8. The maximum absolute atomic E-state index is 6.18. The Balaban J connectivity index is 2.01. The highest BCUT2D eigenvalue weighted by Crippen LogP contribution is 2.39. The van der Waals surface area contributed by atoms with Crippen LogP contribution in [0.5, 0.6) is 0 Å². The summed E-state index contributed by atoms with van der Waals surface area (Å²) in [5.74, 6) is 0. The summed E-state index contributed by atoms with van der Waals surface area (Å²) < 4.78 is 0. The van der Waals surface area contributed by atoms with Gasteiger partial charge < -0.3 is 10.6 Å². The molecule has 21 heavy (non-hydrogen) atoms. The second-order valence-corrected chi connectivity index (χ2v) is 6.05. The predicted octanol–water partition coefficient (Wildman–Crippen LogP) is 4.05. The van der Waals surface area contributed by atoms with Crippen LogP contribution in [0.3, 0.4) is 0 Å². The van der Waals surface area contributed by atoms with E-state index in [1.165, 1.54) is 22.5 Å². The molecule has 2 unspecified atom stereocenters. The molecule has 2 nitrogen and oxygen atoms in total. The molecule has 1 aliphatic heterocycles. The van der Waals surface area contributed by atoms with Crippen LogP contribution in [0.4, 0.5) is 11.4 Å². The van der Waals surface area contributed by atoms with Crippen molar-refractivity contribution in [2.45, 2.75) is 45.2 Å². The van der Waals surface area contributed by atoms with E-state index in [9.17, 15) is 0 Å².